The van der Waals surface area contributed by atoms with Crippen LogP contribution in [0, 0.1) is 5.41 Å². The van der Waals surface area contributed by atoms with E-state index in [9.17, 15) is 0 Å². The Balaban J connectivity index is 0.00000105. The van der Waals surface area contributed by atoms with Gasteiger partial charge in [-0.15, -0.1) is 0 Å². The molecule has 0 saturated carbocycles. The summed E-state index contributed by atoms with van der Waals surface area (Å²) in [4.78, 5) is 5.17. The average molecular weight is 357 g/mol. The zero-order valence-electron chi connectivity index (χ0n) is 18.8. The Morgan fingerprint density at radius 2 is 1.73 bits per heavy atom. The molecule has 3 nitrogen and oxygen atoms in total. The first-order chi connectivity index (χ1) is 12.2. The number of hydrogen-bond donors (Lipinski definition) is 0. The summed E-state index contributed by atoms with van der Waals surface area (Å²) in [5.41, 5.74) is 2.99. The summed E-state index contributed by atoms with van der Waals surface area (Å²) in [7, 11) is 2.28. The van der Waals surface area contributed by atoms with Crippen LogP contribution in [0.25, 0.3) is 0 Å². The van der Waals surface area contributed by atoms with Gasteiger partial charge in [0.1, 0.15) is 0 Å². The largest absolute Gasteiger partial charge is 0.387 e. The van der Waals surface area contributed by atoms with Crippen molar-refractivity contribution in [2.24, 2.45) is 5.41 Å². The van der Waals surface area contributed by atoms with Crippen molar-refractivity contribution in [3.05, 3.63) is 36.1 Å². The van der Waals surface area contributed by atoms with E-state index in [1.54, 1.807) is 0 Å². The smallest absolute Gasteiger partial charge is 0.330 e. The van der Waals surface area contributed by atoms with Gasteiger partial charge in [0, 0.05) is 11.1 Å². The summed E-state index contributed by atoms with van der Waals surface area (Å²) in [6, 6.07) is 0. The minimum absolute atomic E-state index is 0.148. The van der Waals surface area contributed by atoms with Crippen LogP contribution in [0.1, 0.15) is 60.8 Å². The maximum absolute atomic E-state index is 3.84. The summed E-state index contributed by atoms with van der Waals surface area (Å²) < 4.78 is 2.64. The first-order valence-corrected chi connectivity index (χ1v) is 10.5. The Labute approximate surface area is 164 Å². The standard InChI is InChI=1S/C18H33B2N3.C3H8/c1-9-11-13-16-15(3)18(4,5)17-21(8)19(6)22(14-12-10-2)20(7)23(16)17;1-3-2/h9,11,13,17H,1,10,12,14H2,2-8H3;3H2,1-2H3/b13-11-;. The van der Waals surface area contributed by atoms with E-state index in [2.05, 4.69) is 95.3 Å². The van der Waals surface area contributed by atoms with E-state index < -0.39 is 0 Å². The summed E-state index contributed by atoms with van der Waals surface area (Å²) in [6.45, 7) is 24.2. The van der Waals surface area contributed by atoms with E-state index in [0.717, 1.165) is 6.54 Å². The van der Waals surface area contributed by atoms with Gasteiger partial charge in [0.15, 0.2) is 0 Å². The Morgan fingerprint density at radius 3 is 2.23 bits per heavy atom. The van der Waals surface area contributed by atoms with E-state index in [4.69, 9.17) is 0 Å². The van der Waals surface area contributed by atoms with Gasteiger partial charge < -0.3 is 14.3 Å². The summed E-state index contributed by atoms with van der Waals surface area (Å²) >= 11 is 0. The van der Waals surface area contributed by atoms with Crippen LogP contribution in [0.3, 0.4) is 0 Å². The molecule has 0 aromatic carbocycles. The van der Waals surface area contributed by atoms with Crippen molar-refractivity contribution in [2.75, 3.05) is 13.6 Å². The number of hydrogen-bond acceptors (Lipinski definition) is 3. The van der Waals surface area contributed by atoms with Crippen LogP contribution < -0.4 is 0 Å². The molecule has 0 aliphatic carbocycles. The molecule has 1 atom stereocenters. The zero-order valence-corrected chi connectivity index (χ0v) is 18.8. The highest BCUT2D eigenvalue weighted by molar-refractivity contribution is 6.70. The quantitative estimate of drug-likeness (QED) is 0.484. The molecule has 0 N–H and O–H groups in total. The SMILES string of the molecule is C=C/C=C\C1=C(C)C(C)(C)C2N(C)B(C)N(CCCC)B(C)N12.CCC. The third-order valence-electron chi connectivity index (χ3n) is 6.04. The van der Waals surface area contributed by atoms with Crippen LogP contribution in [0.2, 0.25) is 13.6 Å². The molecule has 146 valence electrons. The molecule has 0 aromatic rings. The minimum atomic E-state index is 0.148. The maximum atomic E-state index is 3.84. The molecule has 2 aliphatic heterocycles. The monoisotopic (exact) mass is 357 g/mol. The predicted molar refractivity (Wildman–Crippen MR) is 120 cm³/mol. The molecule has 0 amide bonds. The second kappa shape index (κ2) is 9.85. The van der Waals surface area contributed by atoms with Crippen molar-refractivity contribution in [1.29, 1.82) is 0 Å². The molecule has 2 heterocycles. The maximum Gasteiger partial charge on any atom is 0.330 e. The fourth-order valence-corrected chi connectivity index (χ4v) is 4.30. The third kappa shape index (κ3) is 4.31. The van der Waals surface area contributed by atoms with Crippen molar-refractivity contribution >= 4 is 14.0 Å². The fraction of sp³-hybridized carbons (Fsp3) is 0.714. The van der Waals surface area contributed by atoms with Crippen molar-refractivity contribution in [2.45, 2.75) is 80.6 Å². The fourth-order valence-electron chi connectivity index (χ4n) is 4.30. The van der Waals surface area contributed by atoms with Gasteiger partial charge in [-0.25, -0.2) is 0 Å². The molecule has 0 spiro atoms. The topological polar surface area (TPSA) is 9.72 Å². The summed E-state index contributed by atoms with van der Waals surface area (Å²) in [5.74, 6) is 0. The van der Waals surface area contributed by atoms with Crippen LogP contribution in [-0.2, 0) is 0 Å². The van der Waals surface area contributed by atoms with Crippen LogP contribution in [0.15, 0.2) is 36.1 Å². The molecule has 2 aliphatic rings. The van der Waals surface area contributed by atoms with Gasteiger partial charge in [-0.05, 0) is 38.6 Å². The molecule has 1 unspecified atom stereocenters. The Bertz CT molecular complexity index is 527. The van der Waals surface area contributed by atoms with E-state index >= 15 is 0 Å². The molecule has 1 saturated heterocycles. The molecule has 1 fully saturated rings. The Hall–Kier alpha value is -0.930. The van der Waals surface area contributed by atoms with Gasteiger partial charge >= 0.3 is 6.98 Å². The lowest BCUT2D eigenvalue weighted by molar-refractivity contribution is 0.119. The molecule has 2 rings (SSSR count). The molecule has 0 bridgehead atoms. The average Bonchev–Trinajstić information content (AvgIpc) is 2.79. The van der Waals surface area contributed by atoms with Gasteiger partial charge in [-0.3, -0.25) is 0 Å². The highest BCUT2D eigenvalue weighted by Gasteiger charge is 2.55. The van der Waals surface area contributed by atoms with E-state index in [0.29, 0.717) is 20.1 Å². The molecule has 5 heteroatoms. The van der Waals surface area contributed by atoms with Crippen LogP contribution in [-0.4, -0.2) is 48.1 Å². The highest BCUT2D eigenvalue weighted by Crippen LogP contribution is 2.48. The first kappa shape index (κ1) is 23.1. The number of fused-ring (bicyclic) bond motifs is 1. The minimum Gasteiger partial charge on any atom is -0.387 e. The van der Waals surface area contributed by atoms with Crippen molar-refractivity contribution in [3.63, 3.8) is 0 Å². The van der Waals surface area contributed by atoms with Crippen LogP contribution in [0.4, 0.5) is 0 Å². The number of allylic oxidation sites excluding steroid dienone is 3. The lowest BCUT2D eigenvalue weighted by Crippen LogP contribution is -2.73. The van der Waals surface area contributed by atoms with Gasteiger partial charge in [-0.2, -0.15) is 0 Å². The normalized spacial score (nSPS) is 23.4. The third-order valence-corrected chi connectivity index (χ3v) is 6.04. The zero-order chi connectivity index (χ0) is 20.1. The molecule has 0 radical (unpaired) electrons. The molecular weight excluding hydrogens is 316 g/mol. The van der Waals surface area contributed by atoms with Crippen molar-refractivity contribution < 1.29 is 0 Å². The van der Waals surface area contributed by atoms with Gasteiger partial charge in [0.2, 0.25) is 0 Å². The van der Waals surface area contributed by atoms with Gasteiger partial charge in [0.05, 0.1) is 6.17 Å². The lowest BCUT2D eigenvalue weighted by Gasteiger charge is -2.55. The Morgan fingerprint density at radius 1 is 1.15 bits per heavy atom. The first-order valence-electron chi connectivity index (χ1n) is 10.5. The number of rotatable bonds is 5. The number of nitrogens with zero attached hydrogens (tertiary/aromatic N) is 3. The predicted octanol–water partition coefficient (Wildman–Crippen LogP) is 5.37. The second-order valence-electron chi connectivity index (χ2n) is 8.34. The molecular formula is C21H41B2N3. The number of unbranched alkanes of at least 4 members (excludes halogenated alkanes) is 1. The molecule has 26 heavy (non-hydrogen) atoms. The second-order valence-corrected chi connectivity index (χ2v) is 8.34. The molecule has 0 aromatic heterocycles. The summed E-state index contributed by atoms with van der Waals surface area (Å²) in [6.07, 6.45) is 10.3. The van der Waals surface area contributed by atoms with Crippen molar-refractivity contribution in [3.8, 4) is 0 Å². The van der Waals surface area contributed by atoms with E-state index in [1.807, 2.05) is 6.08 Å². The van der Waals surface area contributed by atoms with Gasteiger partial charge in [-0.1, -0.05) is 79.8 Å². The Kier molecular flexibility index (Phi) is 8.75. The highest BCUT2D eigenvalue weighted by atomic mass is 15.4. The van der Waals surface area contributed by atoms with Gasteiger partial charge in [0.25, 0.3) is 6.98 Å². The van der Waals surface area contributed by atoms with Crippen LogP contribution >= 0.6 is 0 Å². The van der Waals surface area contributed by atoms with Crippen LogP contribution in [0.5, 0.6) is 0 Å². The van der Waals surface area contributed by atoms with E-state index in [1.165, 1.54) is 30.5 Å². The van der Waals surface area contributed by atoms with E-state index in [-0.39, 0.29) is 5.41 Å². The lowest BCUT2D eigenvalue weighted by atomic mass is 9.55. The summed E-state index contributed by atoms with van der Waals surface area (Å²) in [5, 5.41) is 0. The van der Waals surface area contributed by atoms with Crippen molar-refractivity contribution in [1.82, 2.24) is 14.3 Å².